The van der Waals surface area contributed by atoms with Gasteiger partial charge in [-0.2, -0.15) is 13.2 Å². The second kappa shape index (κ2) is 3.58. The molecule has 0 N–H and O–H groups in total. The molecule has 0 amide bonds. The van der Waals surface area contributed by atoms with Gasteiger partial charge in [-0.1, -0.05) is 0 Å². The summed E-state index contributed by atoms with van der Waals surface area (Å²) in [6.45, 7) is 2.70. The third-order valence-corrected chi connectivity index (χ3v) is 2.39. The van der Waals surface area contributed by atoms with Crippen LogP contribution < -0.4 is 5.63 Å². The normalized spacial score (nSPS) is 12.1. The van der Waals surface area contributed by atoms with Crippen molar-refractivity contribution in [2.75, 3.05) is 0 Å². The van der Waals surface area contributed by atoms with Crippen LogP contribution in [0.15, 0.2) is 21.3 Å². The summed E-state index contributed by atoms with van der Waals surface area (Å²) in [4.78, 5) is 15.2. The van der Waals surface area contributed by atoms with Gasteiger partial charge in [0.05, 0.1) is 16.5 Å². The summed E-state index contributed by atoms with van der Waals surface area (Å²) in [5.41, 5.74) is -1.49. The largest absolute Gasteiger partial charge is 0.416 e. The van der Waals surface area contributed by atoms with Crippen molar-refractivity contribution in [1.29, 1.82) is 0 Å². The van der Waals surface area contributed by atoms with Gasteiger partial charge in [-0.3, -0.25) is 0 Å². The third-order valence-electron chi connectivity index (χ3n) is 2.39. The first-order valence-electron chi connectivity index (χ1n) is 4.78. The van der Waals surface area contributed by atoms with Crippen molar-refractivity contribution >= 4 is 10.9 Å². The fraction of sp³-hybridized carbons (Fsp3) is 0.273. The fourth-order valence-corrected chi connectivity index (χ4v) is 1.64. The fourth-order valence-electron chi connectivity index (χ4n) is 1.64. The third kappa shape index (κ3) is 2.02. The van der Waals surface area contributed by atoms with E-state index in [1.807, 2.05) is 0 Å². The van der Waals surface area contributed by atoms with Gasteiger partial charge in [0.25, 0.3) is 0 Å². The Morgan fingerprint density at radius 1 is 1.24 bits per heavy atom. The van der Waals surface area contributed by atoms with Gasteiger partial charge < -0.3 is 4.42 Å². The van der Waals surface area contributed by atoms with E-state index >= 15 is 0 Å². The molecule has 0 aliphatic heterocycles. The SMILES string of the molecule is Cc1nc2cc(C(F)(F)F)c(C)cc2c(=O)o1. The van der Waals surface area contributed by atoms with Gasteiger partial charge in [-0.25, -0.2) is 9.78 Å². The molecule has 1 heterocycles. The van der Waals surface area contributed by atoms with Crippen LogP contribution in [0, 0.1) is 13.8 Å². The molecule has 90 valence electrons. The lowest BCUT2D eigenvalue weighted by Gasteiger charge is -2.10. The van der Waals surface area contributed by atoms with Crippen molar-refractivity contribution < 1.29 is 17.6 Å². The predicted octanol–water partition coefficient (Wildman–Crippen LogP) is 2.82. The minimum atomic E-state index is -4.45. The van der Waals surface area contributed by atoms with Crippen molar-refractivity contribution in [2.45, 2.75) is 20.0 Å². The lowest BCUT2D eigenvalue weighted by atomic mass is 10.1. The van der Waals surface area contributed by atoms with Crippen LogP contribution in [0.1, 0.15) is 17.0 Å². The first kappa shape index (κ1) is 11.6. The summed E-state index contributed by atoms with van der Waals surface area (Å²) in [6, 6.07) is 2.02. The molecule has 1 aromatic carbocycles. The molecule has 17 heavy (non-hydrogen) atoms. The van der Waals surface area contributed by atoms with Crippen LogP contribution >= 0.6 is 0 Å². The molecule has 0 atom stereocenters. The number of nitrogens with zero attached hydrogens (tertiary/aromatic N) is 1. The molecule has 0 bridgehead atoms. The smallest absolute Gasteiger partial charge is 0.408 e. The van der Waals surface area contributed by atoms with Crippen LogP contribution in [0.5, 0.6) is 0 Å². The Kier molecular flexibility index (Phi) is 2.45. The maximum atomic E-state index is 12.6. The molecule has 0 saturated carbocycles. The molecule has 0 unspecified atom stereocenters. The summed E-state index contributed by atoms with van der Waals surface area (Å²) in [5.74, 6) is 0.0412. The minimum absolute atomic E-state index is 0.00308. The Hall–Kier alpha value is -1.85. The molecule has 0 spiro atoms. The summed E-state index contributed by atoms with van der Waals surface area (Å²) in [5, 5.41) is 0.0566. The Labute approximate surface area is 93.9 Å². The van der Waals surface area contributed by atoms with E-state index in [4.69, 9.17) is 4.42 Å². The van der Waals surface area contributed by atoms with Gasteiger partial charge in [-0.15, -0.1) is 0 Å². The molecule has 2 rings (SSSR count). The van der Waals surface area contributed by atoms with Crippen molar-refractivity contribution in [3.05, 3.63) is 39.6 Å². The van der Waals surface area contributed by atoms with Gasteiger partial charge in [0.1, 0.15) is 0 Å². The van der Waals surface area contributed by atoms with Crippen molar-refractivity contribution in [3.8, 4) is 0 Å². The zero-order chi connectivity index (χ0) is 12.8. The highest BCUT2D eigenvalue weighted by molar-refractivity contribution is 5.79. The van der Waals surface area contributed by atoms with Gasteiger partial charge in [0.15, 0.2) is 5.89 Å². The predicted molar refractivity (Wildman–Crippen MR) is 54.8 cm³/mol. The first-order chi connectivity index (χ1) is 7.79. The number of benzene rings is 1. The Bertz CT molecular complexity index is 643. The van der Waals surface area contributed by atoms with Crippen LogP contribution in [0.3, 0.4) is 0 Å². The number of alkyl halides is 3. The topological polar surface area (TPSA) is 43.1 Å². The van der Waals surface area contributed by atoms with Crippen LogP contribution in [0.25, 0.3) is 10.9 Å². The van der Waals surface area contributed by atoms with Crippen LogP contribution in [-0.4, -0.2) is 4.98 Å². The monoisotopic (exact) mass is 243 g/mol. The highest BCUT2D eigenvalue weighted by atomic mass is 19.4. The first-order valence-corrected chi connectivity index (χ1v) is 4.78. The number of rotatable bonds is 0. The zero-order valence-corrected chi connectivity index (χ0v) is 9.05. The maximum absolute atomic E-state index is 12.6. The number of fused-ring (bicyclic) bond motifs is 1. The summed E-state index contributed by atoms with van der Waals surface area (Å²) in [6.07, 6.45) is -4.45. The summed E-state index contributed by atoms with van der Waals surface area (Å²) < 4.78 is 42.7. The summed E-state index contributed by atoms with van der Waals surface area (Å²) >= 11 is 0. The molecule has 2 aromatic rings. The molecule has 0 aliphatic carbocycles. The molecule has 6 heteroatoms. The van der Waals surface area contributed by atoms with E-state index in [0.29, 0.717) is 0 Å². The molecule has 0 radical (unpaired) electrons. The Morgan fingerprint density at radius 3 is 2.47 bits per heavy atom. The van der Waals surface area contributed by atoms with E-state index in [9.17, 15) is 18.0 Å². The molecule has 0 fully saturated rings. The van der Waals surface area contributed by atoms with Crippen molar-refractivity contribution in [2.24, 2.45) is 0 Å². The molecular formula is C11H8F3NO2. The van der Waals surface area contributed by atoms with E-state index in [1.165, 1.54) is 13.8 Å². The van der Waals surface area contributed by atoms with E-state index in [2.05, 4.69) is 4.98 Å². The molecule has 1 aromatic heterocycles. The molecule has 0 aliphatic rings. The van der Waals surface area contributed by atoms with E-state index in [1.54, 1.807) is 0 Å². The average Bonchev–Trinajstić information content (AvgIpc) is 2.16. The molecule has 3 nitrogen and oxygen atoms in total. The Balaban J connectivity index is 2.86. The van der Waals surface area contributed by atoms with Gasteiger partial charge in [0.2, 0.25) is 0 Å². The van der Waals surface area contributed by atoms with Gasteiger partial charge in [-0.05, 0) is 24.6 Å². The number of aryl methyl sites for hydroxylation is 2. The number of hydrogen-bond donors (Lipinski definition) is 0. The van der Waals surface area contributed by atoms with E-state index < -0.39 is 17.4 Å². The number of hydrogen-bond acceptors (Lipinski definition) is 3. The van der Waals surface area contributed by atoms with Crippen LogP contribution in [-0.2, 0) is 6.18 Å². The van der Waals surface area contributed by atoms with E-state index in [-0.39, 0.29) is 22.4 Å². The lowest BCUT2D eigenvalue weighted by molar-refractivity contribution is -0.137. The quantitative estimate of drug-likeness (QED) is 0.714. The lowest BCUT2D eigenvalue weighted by Crippen LogP contribution is -2.10. The highest BCUT2D eigenvalue weighted by Crippen LogP contribution is 2.33. The maximum Gasteiger partial charge on any atom is 0.416 e. The zero-order valence-electron chi connectivity index (χ0n) is 9.05. The highest BCUT2D eigenvalue weighted by Gasteiger charge is 2.33. The Morgan fingerprint density at radius 2 is 1.88 bits per heavy atom. The van der Waals surface area contributed by atoms with Gasteiger partial charge >= 0.3 is 11.8 Å². The molecule has 0 saturated heterocycles. The minimum Gasteiger partial charge on any atom is -0.408 e. The standard InChI is InChI=1S/C11H8F3NO2/c1-5-3-7-9(4-8(5)11(12,13)14)15-6(2)17-10(7)16/h3-4H,1-2H3. The van der Waals surface area contributed by atoms with Crippen LogP contribution in [0.4, 0.5) is 13.2 Å². The summed E-state index contributed by atoms with van der Waals surface area (Å²) in [7, 11) is 0. The number of aromatic nitrogens is 1. The average molecular weight is 243 g/mol. The van der Waals surface area contributed by atoms with E-state index in [0.717, 1.165) is 12.1 Å². The van der Waals surface area contributed by atoms with Crippen molar-refractivity contribution in [1.82, 2.24) is 4.98 Å². The molecular weight excluding hydrogens is 235 g/mol. The second-order valence-electron chi connectivity index (χ2n) is 3.70. The second-order valence-corrected chi connectivity index (χ2v) is 3.70. The van der Waals surface area contributed by atoms with Crippen molar-refractivity contribution in [3.63, 3.8) is 0 Å². The number of halogens is 3. The van der Waals surface area contributed by atoms with Crippen LogP contribution in [0.2, 0.25) is 0 Å². The van der Waals surface area contributed by atoms with Gasteiger partial charge in [0, 0.05) is 6.92 Å².